The van der Waals surface area contributed by atoms with Crippen molar-refractivity contribution < 1.29 is 22.7 Å². The van der Waals surface area contributed by atoms with Gasteiger partial charge in [0, 0.05) is 12.8 Å². The van der Waals surface area contributed by atoms with Crippen molar-refractivity contribution in [1.82, 2.24) is 0 Å². The maximum atomic E-state index is 12.0. The summed E-state index contributed by atoms with van der Waals surface area (Å²) in [6.07, 6.45) is -0.952. The van der Waals surface area contributed by atoms with Gasteiger partial charge in [0.2, 0.25) is 9.84 Å². The maximum Gasteiger partial charge on any atom is 0.306 e. The molecule has 2 rings (SSSR count). The summed E-state index contributed by atoms with van der Waals surface area (Å²) in [5.41, 5.74) is 0.897. The summed E-state index contributed by atoms with van der Waals surface area (Å²) in [6.45, 7) is 1.82. The van der Waals surface area contributed by atoms with Gasteiger partial charge >= 0.3 is 5.97 Å². The summed E-state index contributed by atoms with van der Waals surface area (Å²) in [4.78, 5) is 22.7. The van der Waals surface area contributed by atoms with Gasteiger partial charge in [0.1, 0.15) is 0 Å². The lowest BCUT2D eigenvalue weighted by atomic mass is 10.2. The second-order valence-corrected chi connectivity index (χ2v) is 6.03. The van der Waals surface area contributed by atoms with Crippen molar-refractivity contribution in [2.75, 3.05) is 0 Å². The Balaban J connectivity index is 2.28. The number of aryl methyl sites for hydroxylation is 1. The first kappa shape index (κ1) is 12.8. The van der Waals surface area contributed by atoms with Crippen molar-refractivity contribution in [1.29, 1.82) is 0 Å². The van der Waals surface area contributed by atoms with E-state index < -0.39 is 27.0 Å². The van der Waals surface area contributed by atoms with E-state index in [0.717, 1.165) is 5.56 Å². The Kier molecular flexibility index (Phi) is 3.21. The third-order valence-corrected chi connectivity index (χ3v) is 4.43. The van der Waals surface area contributed by atoms with Crippen LogP contribution in [0.3, 0.4) is 0 Å². The van der Waals surface area contributed by atoms with Gasteiger partial charge in [-0.25, -0.2) is 8.42 Å². The largest absolute Gasteiger partial charge is 0.453 e. The van der Waals surface area contributed by atoms with Crippen LogP contribution in [0, 0.1) is 6.92 Å². The molecular formula is C12H12O5S. The minimum Gasteiger partial charge on any atom is -0.453 e. The number of carbonyl (C=O) groups is 2. The molecule has 1 atom stereocenters. The summed E-state index contributed by atoms with van der Waals surface area (Å²) in [7, 11) is -4.08. The lowest BCUT2D eigenvalue weighted by molar-refractivity contribution is -0.144. The van der Waals surface area contributed by atoms with Gasteiger partial charge in [-0.2, -0.15) is 0 Å². The number of sulfone groups is 1. The molecule has 1 aromatic rings. The monoisotopic (exact) mass is 268 g/mol. The van der Waals surface area contributed by atoms with E-state index in [1.807, 2.05) is 6.92 Å². The van der Waals surface area contributed by atoms with Crippen LogP contribution < -0.4 is 0 Å². The fraction of sp³-hybridized carbons (Fsp3) is 0.333. The van der Waals surface area contributed by atoms with Crippen LogP contribution in [-0.2, 0) is 24.2 Å². The number of ether oxygens (including phenoxy) is 1. The third kappa shape index (κ3) is 2.28. The standard InChI is InChI=1S/C12H12O5S/c1-8-2-4-9(5-3-8)18(15,16)12(14)10-6-7-11(13)17-10/h2-5,10H,6-7H2,1H3/t10-/m0/s1. The highest BCUT2D eigenvalue weighted by molar-refractivity contribution is 8.06. The Labute approximate surface area is 105 Å². The summed E-state index contributed by atoms with van der Waals surface area (Å²) in [5.74, 6) is -0.535. The minimum atomic E-state index is -4.08. The van der Waals surface area contributed by atoms with Crippen molar-refractivity contribution in [3.63, 3.8) is 0 Å². The van der Waals surface area contributed by atoms with Crippen molar-refractivity contribution in [3.05, 3.63) is 29.8 Å². The average Bonchev–Trinajstić information content (AvgIpc) is 2.75. The zero-order chi connectivity index (χ0) is 13.3. The number of hydrogen-bond acceptors (Lipinski definition) is 5. The van der Waals surface area contributed by atoms with E-state index in [1.54, 1.807) is 12.1 Å². The first-order chi connectivity index (χ1) is 8.41. The summed E-state index contributed by atoms with van der Waals surface area (Å²) in [5, 5.41) is -1.04. The molecule has 1 fully saturated rings. The Morgan fingerprint density at radius 3 is 2.39 bits per heavy atom. The molecule has 0 unspecified atom stereocenters. The highest BCUT2D eigenvalue weighted by atomic mass is 32.2. The lowest BCUT2D eigenvalue weighted by Crippen LogP contribution is -2.28. The molecule has 0 aromatic heterocycles. The quantitative estimate of drug-likeness (QED) is 0.748. The molecule has 1 aliphatic heterocycles. The molecule has 0 spiro atoms. The van der Waals surface area contributed by atoms with Gasteiger partial charge in [0.05, 0.1) is 4.90 Å². The second-order valence-electron chi connectivity index (χ2n) is 4.15. The van der Waals surface area contributed by atoms with Crippen LogP contribution in [-0.4, -0.2) is 25.6 Å². The molecule has 6 heteroatoms. The number of hydrogen-bond donors (Lipinski definition) is 0. The van der Waals surface area contributed by atoms with Crippen LogP contribution in [0.4, 0.5) is 0 Å². The molecule has 1 saturated heterocycles. The van der Waals surface area contributed by atoms with Crippen molar-refractivity contribution >= 4 is 20.9 Å². The predicted molar refractivity (Wildman–Crippen MR) is 62.5 cm³/mol. The lowest BCUT2D eigenvalue weighted by Gasteiger charge is -2.08. The van der Waals surface area contributed by atoms with E-state index in [9.17, 15) is 18.0 Å². The molecule has 0 bridgehead atoms. The van der Waals surface area contributed by atoms with Gasteiger partial charge < -0.3 is 4.74 Å². The predicted octanol–water partition coefficient (Wildman–Crippen LogP) is 1.00. The van der Waals surface area contributed by atoms with Gasteiger partial charge in [0.25, 0.3) is 5.12 Å². The van der Waals surface area contributed by atoms with Crippen LogP contribution >= 0.6 is 0 Å². The van der Waals surface area contributed by atoms with E-state index in [0.29, 0.717) is 0 Å². The van der Waals surface area contributed by atoms with Gasteiger partial charge in [0.15, 0.2) is 6.10 Å². The van der Waals surface area contributed by atoms with Crippen LogP contribution in [0.5, 0.6) is 0 Å². The minimum absolute atomic E-state index is 0.0685. The van der Waals surface area contributed by atoms with Crippen LogP contribution in [0.1, 0.15) is 18.4 Å². The maximum absolute atomic E-state index is 12.0. The number of cyclic esters (lactones) is 1. The molecule has 0 saturated carbocycles. The highest BCUT2D eigenvalue weighted by Crippen LogP contribution is 2.21. The van der Waals surface area contributed by atoms with E-state index in [-0.39, 0.29) is 17.7 Å². The van der Waals surface area contributed by atoms with Crippen molar-refractivity contribution in [3.8, 4) is 0 Å². The summed E-state index contributed by atoms with van der Waals surface area (Å²) >= 11 is 0. The van der Waals surface area contributed by atoms with E-state index in [1.165, 1.54) is 12.1 Å². The Hall–Kier alpha value is -1.69. The topological polar surface area (TPSA) is 77.5 Å². The molecule has 18 heavy (non-hydrogen) atoms. The second kappa shape index (κ2) is 4.53. The number of esters is 1. The number of carbonyl (C=O) groups excluding carboxylic acids is 2. The van der Waals surface area contributed by atoms with E-state index in [2.05, 4.69) is 4.74 Å². The van der Waals surface area contributed by atoms with Gasteiger partial charge in [-0.1, -0.05) is 17.7 Å². The van der Waals surface area contributed by atoms with Crippen molar-refractivity contribution in [2.45, 2.75) is 30.8 Å². The number of rotatable bonds is 2. The first-order valence-corrected chi connectivity index (χ1v) is 6.94. The Bertz CT molecular complexity index is 585. The zero-order valence-electron chi connectivity index (χ0n) is 9.75. The summed E-state index contributed by atoms with van der Waals surface area (Å²) < 4.78 is 28.7. The van der Waals surface area contributed by atoms with Gasteiger partial charge in [-0.3, -0.25) is 9.59 Å². The molecule has 0 amide bonds. The molecular weight excluding hydrogens is 256 g/mol. The SMILES string of the molecule is Cc1ccc(S(=O)(=O)C(=O)[C@@H]2CCC(=O)O2)cc1. The molecule has 0 N–H and O–H groups in total. The fourth-order valence-corrected chi connectivity index (χ4v) is 2.94. The molecule has 5 nitrogen and oxygen atoms in total. The first-order valence-electron chi connectivity index (χ1n) is 5.46. The smallest absolute Gasteiger partial charge is 0.306 e. The molecule has 1 aromatic carbocycles. The average molecular weight is 268 g/mol. The normalized spacial score (nSPS) is 19.6. The highest BCUT2D eigenvalue weighted by Gasteiger charge is 2.38. The number of benzene rings is 1. The third-order valence-electron chi connectivity index (χ3n) is 2.74. The molecule has 1 heterocycles. The fourth-order valence-electron chi connectivity index (χ4n) is 1.70. The van der Waals surface area contributed by atoms with Gasteiger partial charge in [-0.05, 0) is 19.1 Å². The molecule has 96 valence electrons. The van der Waals surface area contributed by atoms with Gasteiger partial charge in [-0.15, -0.1) is 0 Å². The Morgan fingerprint density at radius 2 is 1.89 bits per heavy atom. The summed E-state index contributed by atoms with van der Waals surface area (Å²) in [6, 6.07) is 5.97. The van der Waals surface area contributed by atoms with E-state index >= 15 is 0 Å². The van der Waals surface area contributed by atoms with E-state index in [4.69, 9.17) is 0 Å². The van der Waals surface area contributed by atoms with Crippen LogP contribution in [0.25, 0.3) is 0 Å². The van der Waals surface area contributed by atoms with Crippen molar-refractivity contribution in [2.24, 2.45) is 0 Å². The Morgan fingerprint density at radius 1 is 1.28 bits per heavy atom. The van der Waals surface area contributed by atoms with Crippen LogP contribution in [0.15, 0.2) is 29.2 Å². The zero-order valence-corrected chi connectivity index (χ0v) is 10.6. The molecule has 0 aliphatic carbocycles. The molecule has 0 radical (unpaired) electrons. The molecule has 1 aliphatic rings. The van der Waals surface area contributed by atoms with Crippen LogP contribution in [0.2, 0.25) is 0 Å².